The molecule has 4 heterocycles. The number of carbonyl (C=O) groups is 4. The van der Waals surface area contributed by atoms with Gasteiger partial charge in [0.15, 0.2) is 0 Å². The zero-order chi connectivity index (χ0) is 38.6. The van der Waals surface area contributed by atoms with Gasteiger partial charge in [-0.25, -0.2) is 9.97 Å². The van der Waals surface area contributed by atoms with Crippen LogP contribution in [0.15, 0.2) is 34.3 Å². The van der Waals surface area contributed by atoms with Crippen molar-refractivity contribution in [1.82, 2.24) is 20.6 Å². The van der Waals surface area contributed by atoms with Gasteiger partial charge in [0, 0.05) is 38.3 Å². The number of nitrogens with zero attached hydrogens (tertiary/aromatic N) is 4. The molecule has 1 unspecified atom stereocenters. The summed E-state index contributed by atoms with van der Waals surface area (Å²) in [6, 6.07) is 8.03. The van der Waals surface area contributed by atoms with Crippen molar-refractivity contribution in [3.8, 4) is 0 Å². The predicted molar refractivity (Wildman–Crippen MR) is 220 cm³/mol. The highest BCUT2D eigenvalue weighted by Gasteiger charge is 2.34. The Morgan fingerprint density at radius 2 is 1.11 bits per heavy atom. The molecule has 11 nitrogen and oxygen atoms in total. The van der Waals surface area contributed by atoms with Gasteiger partial charge in [0.25, 0.3) is 11.8 Å². The molecule has 6 rings (SSSR count). The van der Waals surface area contributed by atoms with Gasteiger partial charge in [-0.2, -0.15) is 0 Å². The summed E-state index contributed by atoms with van der Waals surface area (Å²) in [5, 5.41) is 7.95. The highest BCUT2D eigenvalue weighted by atomic mass is 32.2. The summed E-state index contributed by atoms with van der Waals surface area (Å²) in [4.78, 5) is 67.4. The van der Waals surface area contributed by atoms with Crippen molar-refractivity contribution in [1.29, 1.82) is 0 Å². The molecule has 0 radical (unpaired) electrons. The lowest BCUT2D eigenvalue weighted by Gasteiger charge is -2.34. The van der Waals surface area contributed by atoms with E-state index < -0.39 is 17.9 Å². The van der Waals surface area contributed by atoms with Crippen LogP contribution in [0.3, 0.4) is 0 Å². The van der Waals surface area contributed by atoms with Crippen LogP contribution in [-0.4, -0.2) is 83.5 Å². The van der Waals surface area contributed by atoms with Crippen molar-refractivity contribution in [2.24, 2.45) is 11.8 Å². The van der Waals surface area contributed by atoms with E-state index in [1.165, 1.54) is 12.8 Å². The third-order valence-electron chi connectivity index (χ3n) is 11.4. The number of nitrogens with one attached hydrogen (secondary N) is 2. The standard InChI is InChI=1S/C42H60N6O5S2/c1-3-26-54-39-33(37(49)43-31-13-7-5-8-14-31)17-19-35(45-39)47-24-21-29(22-25-47)41(51)53-42(52)30-12-11-23-48(28-30)36-20-18-34(40(46-36)55-27-4-2)38(50)44-32-15-9-6-10-16-32/h17-20,29-32H,3-16,21-28H2,1-2H3,(H,43,49)(H,44,50). The van der Waals surface area contributed by atoms with E-state index in [-0.39, 0.29) is 29.8 Å². The van der Waals surface area contributed by atoms with Crippen molar-refractivity contribution in [3.05, 3.63) is 35.4 Å². The SMILES string of the molecule is CCCSc1nc(N2CCC(C(=O)OC(=O)C3CCCN(c4ccc(C(=O)NC5CCCCC5)c(SCCC)n4)C3)CC2)ccc1C(=O)NC1CCCCC1. The molecule has 2 N–H and O–H groups in total. The fraction of sp³-hybridized carbons (Fsp3) is 0.667. The first-order valence-corrected chi connectivity index (χ1v) is 22.9. The Morgan fingerprint density at radius 3 is 1.62 bits per heavy atom. The summed E-state index contributed by atoms with van der Waals surface area (Å²) >= 11 is 3.21. The highest BCUT2D eigenvalue weighted by Crippen LogP contribution is 2.31. The molecule has 1 atom stereocenters. The summed E-state index contributed by atoms with van der Waals surface area (Å²) in [6.45, 7) is 6.63. The van der Waals surface area contributed by atoms with Gasteiger partial charge < -0.3 is 25.2 Å². The van der Waals surface area contributed by atoms with Crippen molar-refractivity contribution in [2.75, 3.05) is 47.5 Å². The third kappa shape index (κ3) is 11.4. The Morgan fingerprint density at radius 1 is 0.618 bits per heavy atom. The minimum atomic E-state index is -0.470. The maximum absolute atomic E-state index is 13.4. The number of hydrogen-bond acceptors (Lipinski definition) is 11. The minimum Gasteiger partial charge on any atom is -0.393 e. The molecule has 13 heteroatoms. The largest absolute Gasteiger partial charge is 0.393 e. The number of thioether (sulfide) groups is 2. The number of pyridine rings is 2. The summed E-state index contributed by atoms with van der Waals surface area (Å²) in [5.74, 6) is 1.46. The summed E-state index contributed by atoms with van der Waals surface area (Å²) < 4.78 is 5.56. The molecular formula is C42H60N6O5S2. The number of piperidine rings is 2. The van der Waals surface area contributed by atoms with Crippen LogP contribution in [0.25, 0.3) is 0 Å². The number of esters is 2. The van der Waals surface area contributed by atoms with E-state index >= 15 is 0 Å². The first-order chi connectivity index (χ1) is 26.8. The molecule has 2 saturated heterocycles. The van der Waals surface area contributed by atoms with Crippen molar-refractivity contribution in [3.63, 3.8) is 0 Å². The zero-order valence-corrected chi connectivity index (χ0v) is 34.5. The van der Waals surface area contributed by atoms with Gasteiger partial charge in [-0.3, -0.25) is 19.2 Å². The molecule has 2 aliphatic carbocycles. The number of aromatic nitrogens is 2. The van der Waals surface area contributed by atoms with Crippen molar-refractivity contribution in [2.45, 2.75) is 139 Å². The number of ether oxygens (including phenoxy) is 1. The van der Waals surface area contributed by atoms with Gasteiger partial charge >= 0.3 is 11.9 Å². The summed E-state index contributed by atoms with van der Waals surface area (Å²) in [7, 11) is 0. The molecule has 300 valence electrons. The van der Waals surface area contributed by atoms with Crippen LogP contribution >= 0.6 is 23.5 Å². The Balaban J connectivity index is 1.02. The summed E-state index contributed by atoms with van der Waals surface area (Å²) in [6.07, 6.45) is 15.7. The predicted octanol–water partition coefficient (Wildman–Crippen LogP) is 7.81. The van der Waals surface area contributed by atoms with Crippen LogP contribution in [0.4, 0.5) is 11.6 Å². The Bertz CT molecular complexity index is 1620. The molecule has 0 spiro atoms. The number of hydrogen-bond donors (Lipinski definition) is 2. The van der Waals surface area contributed by atoms with Gasteiger partial charge in [0.2, 0.25) is 0 Å². The van der Waals surface area contributed by atoms with Gasteiger partial charge in [-0.15, -0.1) is 23.5 Å². The van der Waals surface area contributed by atoms with Gasteiger partial charge in [-0.05, 0) is 100.0 Å². The molecule has 2 aromatic heterocycles. The minimum absolute atomic E-state index is 0.0456. The molecule has 0 aromatic carbocycles. The average molecular weight is 793 g/mol. The first-order valence-electron chi connectivity index (χ1n) is 21.0. The number of amides is 2. The van der Waals surface area contributed by atoms with Crippen LogP contribution in [0.2, 0.25) is 0 Å². The quantitative estimate of drug-likeness (QED) is 0.110. The molecule has 4 fully saturated rings. The van der Waals surface area contributed by atoms with Crippen LogP contribution in [0, 0.1) is 11.8 Å². The lowest BCUT2D eigenvalue weighted by Crippen LogP contribution is -2.42. The number of rotatable bonds is 14. The maximum atomic E-state index is 13.4. The average Bonchev–Trinajstić information content (AvgIpc) is 3.22. The second-order valence-electron chi connectivity index (χ2n) is 15.6. The lowest BCUT2D eigenvalue weighted by molar-refractivity contribution is -0.166. The molecule has 4 aliphatic rings. The zero-order valence-electron chi connectivity index (χ0n) is 32.8. The summed E-state index contributed by atoms with van der Waals surface area (Å²) in [5.41, 5.74) is 1.24. The monoisotopic (exact) mass is 792 g/mol. The fourth-order valence-electron chi connectivity index (χ4n) is 8.18. The van der Waals surface area contributed by atoms with E-state index in [0.29, 0.717) is 50.0 Å². The van der Waals surface area contributed by atoms with Gasteiger partial charge in [0.05, 0.1) is 23.0 Å². The Labute approximate surface area is 335 Å². The van der Waals surface area contributed by atoms with Crippen LogP contribution in [-0.2, 0) is 14.3 Å². The van der Waals surface area contributed by atoms with E-state index in [4.69, 9.17) is 14.7 Å². The van der Waals surface area contributed by atoms with E-state index in [9.17, 15) is 19.2 Å². The number of anilines is 2. The highest BCUT2D eigenvalue weighted by molar-refractivity contribution is 7.99. The normalized spacial score (nSPS) is 20.2. The van der Waals surface area contributed by atoms with Crippen molar-refractivity contribution < 1.29 is 23.9 Å². The van der Waals surface area contributed by atoms with Crippen molar-refractivity contribution >= 4 is 58.9 Å². The Kier molecular flexibility index (Phi) is 15.6. The topological polar surface area (TPSA) is 134 Å². The molecular weight excluding hydrogens is 733 g/mol. The third-order valence-corrected chi connectivity index (χ3v) is 13.8. The fourth-order valence-corrected chi connectivity index (χ4v) is 9.93. The lowest BCUT2D eigenvalue weighted by atomic mass is 9.95. The smallest absolute Gasteiger partial charge is 0.318 e. The Hall–Kier alpha value is -3.32. The molecule has 2 amide bonds. The van der Waals surface area contributed by atoms with Crippen LogP contribution in [0.5, 0.6) is 0 Å². The van der Waals surface area contributed by atoms with E-state index in [1.807, 2.05) is 24.3 Å². The maximum Gasteiger partial charge on any atom is 0.318 e. The molecule has 2 aliphatic heterocycles. The van der Waals surface area contributed by atoms with E-state index in [1.54, 1.807) is 23.5 Å². The van der Waals surface area contributed by atoms with Crippen LogP contribution < -0.4 is 20.4 Å². The second kappa shape index (κ2) is 20.7. The number of carbonyl (C=O) groups excluding carboxylic acids is 4. The first kappa shape index (κ1) is 41.3. The molecule has 0 bridgehead atoms. The van der Waals surface area contributed by atoms with E-state index in [2.05, 4.69) is 34.3 Å². The molecule has 2 aromatic rings. The van der Waals surface area contributed by atoms with Gasteiger partial charge in [-0.1, -0.05) is 52.4 Å². The second-order valence-corrected chi connectivity index (χ2v) is 17.8. The van der Waals surface area contributed by atoms with Gasteiger partial charge in [0.1, 0.15) is 21.7 Å². The van der Waals surface area contributed by atoms with Crippen LogP contribution in [0.1, 0.15) is 137 Å². The molecule has 55 heavy (non-hydrogen) atoms. The molecule has 2 saturated carbocycles. The van der Waals surface area contributed by atoms with E-state index in [0.717, 1.165) is 110 Å².